The predicted molar refractivity (Wildman–Crippen MR) is 71.7 cm³/mol. The number of aromatic nitrogens is 1. The van der Waals surface area contributed by atoms with Crippen molar-refractivity contribution >= 4 is 17.4 Å². The van der Waals surface area contributed by atoms with E-state index in [9.17, 15) is 14.9 Å². The first-order valence-corrected chi connectivity index (χ1v) is 5.89. The molecule has 19 heavy (non-hydrogen) atoms. The second-order valence-corrected chi connectivity index (χ2v) is 5.45. The Kier molecular flexibility index (Phi) is 4.42. The summed E-state index contributed by atoms with van der Waals surface area (Å²) in [6.45, 7) is 6.59. The molecule has 0 unspecified atom stereocenters. The van der Waals surface area contributed by atoms with Gasteiger partial charge in [0.25, 0.3) is 11.6 Å². The van der Waals surface area contributed by atoms with E-state index in [1.807, 2.05) is 20.8 Å². The summed E-state index contributed by atoms with van der Waals surface area (Å²) < 4.78 is 0. The molecule has 0 spiro atoms. The molecular weight excluding hydrogens is 248 g/mol. The van der Waals surface area contributed by atoms with E-state index in [2.05, 4.69) is 10.3 Å². The van der Waals surface area contributed by atoms with Crippen LogP contribution in [-0.2, 0) is 0 Å². The lowest BCUT2D eigenvalue weighted by Crippen LogP contribution is -2.28. The molecule has 7 nitrogen and oxygen atoms in total. The van der Waals surface area contributed by atoms with E-state index in [-0.39, 0.29) is 22.5 Å². The van der Waals surface area contributed by atoms with E-state index in [1.165, 1.54) is 6.07 Å². The van der Waals surface area contributed by atoms with Gasteiger partial charge in [0.15, 0.2) is 0 Å². The number of anilines is 1. The fourth-order valence-corrected chi connectivity index (χ4v) is 1.44. The van der Waals surface area contributed by atoms with E-state index < -0.39 is 10.8 Å². The number of pyridine rings is 1. The van der Waals surface area contributed by atoms with Crippen LogP contribution in [-0.4, -0.2) is 22.4 Å². The summed E-state index contributed by atoms with van der Waals surface area (Å²) in [7, 11) is 0. The molecule has 0 aromatic carbocycles. The predicted octanol–water partition coefficient (Wildman–Crippen LogP) is 1.74. The van der Waals surface area contributed by atoms with Crippen LogP contribution in [0, 0.1) is 15.5 Å². The molecular formula is C12H18N4O3. The number of nitrogen functional groups attached to an aromatic ring is 1. The van der Waals surface area contributed by atoms with Crippen LogP contribution in [0.15, 0.2) is 12.3 Å². The van der Waals surface area contributed by atoms with Crippen LogP contribution < -0.4 is 11.1 Å². The molecule has 0 bridgehead atoms. The van der Waals surface area contributed by atoms with Crippen molar-refractivity contribution in [3.63, 3.8) is 0 Å². The minimum absolute atomic E-state index is 0.0635. The molecule has 1 heterocycles. The van der Waals surface area contributed by atoms with Gasteiger partial charge in [0.1, 0.15) is 17.6 Å². The molecule has 1 aromatic heterocycles. The van der Waals surface area contributed by atoms with Gasteiger partial charge in [-0.25, -0.2) is 4.98 Å². The zero-order valence-electron chi connectivity index (χ0n) is 11.3. The Morgan fingerprint density at radius 3 is 2.68 bits per heavy atom. The summed E-state index contributed by atoms with van der Waals surface area (Å²) >= 11 is 0. The highest BCUT2D eigenvalue weighted by molar-refractivity contribution is 5.98. The molecule has 7 heteroatoms. The van der Waals surface area contributed by atoms with Crippen LogP contribution in [0.3, 0.4) is 0 Å². The lowest BCUT2D eigenvalue weighted by Gasteiger charge is -2.18. The summed E-state index contributed by atoms with van der Waals surface area (Å²) in [5.41, 5.74) is 5.12. The van der Waals surface area contributed by atoms with Crippen LogP contribution in [0.1, 0.15) is 37.6 Å². The molecule has 1 aromatic rings. The van der Waals surface area contributed by atoms with Gasteiger partial charge in [0.05, 0.1) is 4.92 Å². The maximum Gasteiger partial charge on any atom is 0.300 e. The number of nitrogens with two attached hydrogens (primary N) is 1. The summed E-state index contributed by atoms with van der Waals surface area (Å²) in [4.78, 5) is 25.7. The first-order valence-electron chi connectivity index (χ1n) is 5.89. The lowest BCUT2D eigenvalue weighted by molar-refractivity contribution is -0.385. The number of hydrogen-bond acceptors (Lipinski definition) is 5. The fourth-order valence-electron chi connectivity index (χ4n) is 1.44. The molecule has 0 fully saturated rings. The summed E-state index contributed by atoms with van der Waals surface area (Å²) in [5.74, 6) is -0.434. The average Bonchev–Trinajstić information content (AvgIpc) is 2.26. The number of nitrogens with one attached hydrogen (secondary N) is 1. The van der Waals surface area contributed by atoms with Gasteiger partial charge in [-0.05, 0) is 17.9 Å². The number of nitro groups is 1. The largest absolute Gasteiger partial charge is 0.384 e. The van der Waals surface area contributed by atoms with Crippen molar-refractivity contribution in [1.82, 2.24) is 10.3 Å². The van der Waals surface area contributed by atoms with Gasteiger partial charge in [0.2, 0.25) is 0 Å². The Hall–Kier alpha value is -2.18. The molecule has 1 amide bonds. The first kappa shape index (κ1) is 14.9. The first-order chi connectivity index (χ1) is 8.70. The van der Waals surface area contributed by atoms with Crippen LogP contribution in [0.2, 0.25) is 0 Å². The molecule has 0 aliphatic heterocycles. The highest BCUT2D eigenvalue weighted by atomic mass is 16.6. The Morgan fingerprint density at radius 1 is 1.53 bits per heavy atom. The lowest BCUT2D eigenvalue weighted by atomic mass is 9.92. The molecule has 3 N–H and O–H groups in total. The standard InChI is InChI=1S/C12H18N4O3/c1-12(2,3)4-5-14-11(17)8-6-10(13)15-7-9(8)16(18)19/h6-7H,4-5H2,1-3H3,(H2,13,15)(H,14,17). The van der Waals surface area contributed by atoms with E-state index in [0.717, 1.165) is 12.6 Å². The molecule has 0 aliphatic rings. The van der Waals surface area contributed by atoms with E-state index in [4.69, 9.17) is 5.73 Å². The topological polar surface area (TPSA) is 111 Å². The molecule has 0 aliphatic carbocycles. The van der Waals surface area contributed by atoms with Crippen LogP contribution in [0.5, 0.6) is 0 Å². The highest BCUT2D eigenvalue weighted by Gasteiger charge is 2.21. The number of amides is 1. The quantitative estimate of drug-likeness (QED) is 0.636. The van der Waals surface area contributed by atoms with Crippen molar-refractivity contribution in [2.24, 2.45) is 5.41 Å². The normalized spacial score (nSPS) is 11.1. The fraction of sp³-hybridized carbons (Fsp3) is 0.500. The number of nitrogens with zero attached hydrogens (tertiary/aromatic N) is 2. The summed E-state index contributed by atoms with van der Waals surface area (Å²) in [6.07, 6.45) is 1.76. The van der Waals surface area contributed by atoms with Gasteiger partial charge >= 0.3 is 0 Å². The summed E-state index contributed by atoms with van der Waals surface area (Å²) in [5, 5.41) is 13.5. The van der Waals surface area contributed by atoms with Crippen molar-refractivity contribution in [3.05, 3.63) is 27.9 Å². The van der Waals surface area contributed by atoms with E-state index in [0.29, 0.717) is 6.54 Å². The molecule has 104 valence electrons. The second kappa shape index (κ2) is 5.64. The van der Waals surface area contributed by atoms with E-state index in [1.54, 1.807) is 0 Å². The third kappa shape index (κ3) is 4.53. The zero-order valence-corrected chi connectivity index (χ0v) is 11.3. The molecule has 0 saturated heterocycles. The van der Waals surface area contributed by atoms with Crippen molar-refractivity contribution < 1.29 is 9.72 Å². The number of hydrogen-bond donors (Lipinski definition) is 2. The Morgan fingerprint density at radius 2 is 2.16 bits per heavy atom. The molecule has 0 radical (unpaired) electrons. The third-order valence-electron chi connectivity index (χ3n) is 2.51. The minimum Gasteiger partial charge on any atom is -0.384 e. The van der Waals surface area contributed by atoms with Gasteiger partial charge < -0.3 is 11.1 Å². The maximum atomic E-state index is 11.9. The number of carbonyl (C=O) groups is 1. The van der Waals surface area contributed by atoms with Crippen molar-refractivity contribution in [3.8, 4) is 0 Å². The van der Waals surface area contributed by atoms with Gasteiger partial charge in [-0.3, -0.25) is 14.9 Å². The van der Waals surface area contributed by atoms with Crippen molar-refractivity contribution in [2.75, 3.05) is 12.3 Å². The third-order valence-corrected chi connectivity index (χ3v) is 2.51. The Labute approximate surface area is 111 Å². The number of carbonyl (C=O) groups excluding carboxylic acids is 1. The van der Waals surface area contributed by atoms with Crippen molar-refractivity contribution in [1.29, 1.82) is 0 Å². The maximum absolute atomic E-state index is 11.9. The number of rotatable bonds is 4. The van der Waals surface area contributed by atoms with Crippen LogP contribution in [0.4, 0.5) is 11.5 Å². The molecule has 0 saturated carbocycles. The van der Waals surface area contributed by atoms with Gasteiger partial charge in [0, 0.05) is 6.54 Å². The zero-order chi connectivity index (χ0) is 14.6. The van der Waals surface area contributed by atoms with Gasteiger partial charge in [-0.2, -0.15) is 0 Å². The smallest absolute Gasteiger partial charge is 0.300 e. The summed E-state index contributed by atoms with van der Waals surface area (Å²) in [6, 6.07) is 1.21. The monoisotopic (exact) mass is 266 g/mol. The molecule has 0 atom stereocenters. The minimum atomic E-state index is -0.648. The van der Waals surface area contributed by atoms with Gasteiger partial charge in [-0.15, -0.1) is 0 Å². The Bertz CT molecular complexity index is 494. The highest BCUT2D eigenvalue weighted by Crippen LogP contribution is 2.20. The van der Waals surface area contributed by atoms with Crippen LogP contribution in [0.25, 0.3) is 0 Å². The SMILES string of the molecule is CC(C)(C)CCNC(=O)c1cc(N)ncc1[N+](=O)[O-]. The van der Waals surface area contributed by atoms with Gasteiger partial charge in [-0.1, -0.05) is 20.8 Å². The average molecular weight is 266 g/mol. The van der Waals surface area contributed by atoms with E-state index >= 15 is 0 Å². The van der Waals surface area contributed by atoms with Crippen molar-refractivity contribution in [2.45, 2.75) is 27.2 Å². The second-order valence-electron chi connectivity index (χ2n) is 5.45. The van der Waals surface area contributed by atoms with Crippen LogP contribution >= 0.6 is 0 Å². The Balaban J connectivity index is 2.81. The molecule has 1 rings (SSSR count).